The van der Waals surface area contributed by atoms with Crippen LogP contribution in [0.25, 0.3) is 27.6 Å². The van der Waals surface area contributed by atoms with Crippen LogP contribution in [0.15, 0.2) is 90.1 Å². The number of aromatic nitrogens is 2. The number of rotatable bonds is 6. The summed E-state index contributed by atoms with van der Waals surface area (Å²) in [6, 6.07) is 35.4. The van der Waals surface area contributed by atoms with Gasteiger partial charge in [-0.3, -0.25) is 4.99 Å². The summed E-state index contributed by atoms with van der Waals surface area (Å²) in [5, 5.41) is 2.29. The van der Waals surface area contributed by atoms with Crippen LogP contribution in [0.1, 0.15) is 107 Å². The summed E-state index contributed by atoms with van der Waals surface area (Å²) in [5.41, 5.74) is 8.63. The standard InChI is InChI=1S/C47H49N3O2.Pt/c1-29-24-30(2)41(28-37(29)45-49-43(31-14-12-13-15-31)44(52-45)32-16-10-9-11-17-32)51-35-19-20-36-38-25-33(46(3,4)5)18-21-39(38)50(40(36)27-35)42-26-34(22-23-48-42)47(6,7)8;/h9-11,16-26,31,43-44H,12-15H2,1-8H3;/q-2;+2/t43-,44+;/m1./s1. The van der Waals surface area contributed by atoms with Crippen molar-refractivity contribution < 1.29 is 30.5 Å². The minimum absolute atomic E-state index is 0. The molecule has 6 aromatic rings. The van der Waals surface area contributed by atoms with Gasteiger partial charge in [0.2, 0.25) is 0 Å². The van der Waals surface area contributed by atoms with Crippen LogP contribution in [0.5, 0.6) is 11.5 Å². The predicted octanol–water partition coefficient (Wildman–Crippen LogP) is 11.9. The fraction of sp³-hybridized carbons (Fsp3) is 0.362. The molecule has 3 heterocycles. The Labute approximate surface area is 329 Å². The summed E-state index contributed by atoms with van der Waals surface area (Å²) in [4.78, 5) is 10.2. The van der Waals surface area contributed by atoms with E-state index in [-0.39, 0.29) is 44.0 Å². The monoisotopic (exact) mass is 882 g/mol. The molecule has 0 spiro atoms. The van der Waals surface area contributed by atoms with Crippen molar-refractivity contribution in [2.24, 2.45) is 10.9 Å². The fourth-order valence-electron chi connectivity index (χ4n) is 8.01. The van der Waals surface area contributed by atoms with E-state index < -0.39 is 0 Å². The van der Waals surface area contributed by atoms with Crippen LogP contribution in [0.2, 0.25) is 0 Å². The van der Waals surface area contributed by atoms with Gasteiger partial charge in [-0.15, -0.1) is 29.1 Å². The minimum atomic E-state index is -0.0976. The molecule has 53 heavy (non-hydrogen) atoms. The number of benzene rings is 4. The molecule has 0 N–H and O–H groups in total. The number of aryl methyl sites for hydroxylation is 2. The number of fused-ring (bicyclic) bond motifs is 3. The molecule has 0 radical (unpaired) electrons. The van der Waals surface area contributed by atoms with Crippen molar-refractivity contribution in [3.63, 3.8) is 0 Å². The first kappa shape index (κ1) is 37.1. The molecule has 0 bridgehead atoms. The molecule has 0 amide bonds. The molecule has 4 aromatic carbocycles. The second-order valence-corrected chi connectivity index (χ2v) is 16.9. The third-order valence-corrected chi connectivity index (χ3v) is 11.0. The van der Waals surface area contributed by atoms with E-state index in [1.165, 1.54) is 47.8 Å². The van der Waals surface area contributed by atoms with Gasteiger partial charge in [0.25, 0.3) is 0 Å². The third-order valence-electron chi connectivity index (χ3n) is 11.0. The molecule has 274 valence electrons. The van der Waals surface area contributed by atoms with E-state index in [9.17, 15) is 0 Å². The fourth-order valence-corrected chi connectivity index (χ4v) is 8.01. The van der Waals surface area contributed by atoms with E-state index in [2.05, 4.69) is 145 Å². The maximum atomic E-state index is 6.75. The molecule has 6 heteroatoms. The van der Waals surface area contributed by atoms with Crippen LogP contribution in [-0.2, 0) is 36.6 Å². The zero-order chi connectivity index (χ0) is 36.4. The summed E-state index contributed by atoms with van der Waals surface area (Å²) in [5.74, 6) is 3.32. The van der Waals surface area contributed by atoms with Crippen molar-refractivity contribution in [1.29, 1.82) is 0 Å². The average molecular weight is 883 g/mol. The second kappa shape index (κ2) is 14.2. The molecule has 1 fully saturated rings. The Balaban J connectivity index is 0.00000435. The third kappa shape index (κ3) is 7.10. The van der Waals surface area contributed by atoms with Crippen LogP contribution in [0.4, 0.5) is 0 Å². The summed E-state index contributed by atoms with van der Waals surface area (Å²) < 4.78 is 15.7. The maximum Gasteiger partial charge on any atom is 2.00 e. The number of ether oxygens (including phenoxy) is 2. The SMILES string of the molecule is Cc1cc(C)c(C2=N[C@H](C3CCCC3)[C@H](c3ccccc3)O2)[c-]c1Oc1[c-]c2c(cc1)c1cc(C(C)(C)C)ccc1n2-c1cc(C(C)(C)C)ccn1.[Pt+2]. The van der Waals surface area contributed by atoms with Gasteiger partial charge < -0.3 is 14.0 Å². The second-order valence-electron chi connectivity index (χ2n) is 16.9. The molecule has 1 aliphatic carbocycles. The van der Waals surface area contributed by atoms with Crippen LogP contribution in [0.3, 0.4) is 0 Å². The van der Waals surface area contributed by atoms with E-state index in [0.717, 1.165) is 38.9 Å². The molecule has 2 aromatic heterocycles. The van der Waals surface area contributed by atoms with E-state index >= 15 is 0 Å². The summed E-state index contributed by atoms with van der Waals surface area (Å²) in [6.07, 6.45) is 6.73. The zero-order valence-corrected chi connectivity index (χ0v) is 34.4. The Morgan fingerprint density at radius 2 is 1.49 bits per heavy atom. The van der Waals surface area contributed by atoms with Crippen LogP contribution >= 0.6 is 0 Å². The van der Waals surface area contributed by atoms with Crippen molar-refractivity contribution in [3.8, 4) is 17.3 Å². The topological polar surface area (TPSA) is 48.6 Å². The molecule has 2 aliphatic rings. The summed E-state index contributed by atoms with van der Waals surface area (Å²) in [6.45, 7) is 17.7. The first-order valence-electron chi connectivity index (χ1n) is 18.8. The summed E-state index contributed by atoms with van der Waals surface area (Å²) >= 11 is 0. The van der Waals surface area contributed by atoms with Gasteiger partial charge >= 0.3 is 21.1 Å². The normalized spacial score (nSPS) is 17.9. The van der Waals surface area contributed by atoms with E-state index in [1.54, 1.807) is 0 Å². The number of aliphatic imine (C=N–C) groups is 1. The summed E-state index contributed by atoms with van der Waals surface area (Å²) in [7, 11) is 0. The van der Waals surface area contributed by atoms with Crippen LogP contribution < -0.4 is 4.74 Å². The van der Waals surface area contributed by atoms with E-state index in [0.29, 0.717) is 23.3 Å². The minimum Gasteiger partial charge on any atom is -0.510 e. The van der Waals surface area contributed by atoms with E-state index in [1.807, 2.05) is 12.3 Å². The van der Waals surface area contributed by atoms with Crippen molar-refractivity contribution in [1.82, 2.24) is 9.55 Å². The van der Waals surface area contributed by atoms with Gasteiger partial charge in [0.1, 0.15) is 17.8 Å². The maximum absolute atomic E-state index is 6.75. The number of hydrogen-bond acceptors (Lipinski definition) is 4. The Kier molecular flexibility index (Phi) is 9.96. The molecule has 0 saturated heterocycles. The van der Waals surface area contributed by atoms with Gasteiger partial charge in [0, 0.05) is 23.2 Å². The van der Waals surface area contributed by atoms with Gasteiger partial charge in [0.15, 0.2) is 0 Å². The van der Waals surface area contributed by atoms with Crippen LogP contribution in [0, 0.1) is 31.9 Å². The van der Waals surface area contributed by atoms with Gasteiger partial charge in [-0.25, -0.2) is 4.98 Å². The Hall–Kier alpha value is -4.21. The Morgan fingerprint density at radius 3 is 2.21 bits per heavy atom. The molecule has 1 aliphatic heterocycles. The molecule has 0 unspecified atom stereocenters. The van der Waals surface area contributed by atoms with Gasteiger partial charge in [0.05, 0.1) is 6.04 Å². The van der Waals surface area contributed by atoms with Gasteiger partial charge in [-0.1, -0.05) is 133 Å². The zero-order valence-electron chi connectivity index (χ0n) is 32.1. The molecule has 2 atom stereocenters. The van der Waals surface area contributed by atoms with Gasteiger partial charge in [-0.2, -0.15) is 6.07 Å². The van der Waals surface area contributed by atoms with Crippen LogP contribution in [-0.4, -0.2) is 21.5 Å². The number of pyridine rings is 1. The largest absolute Gasteiger partial charge is 2.00 e. The van der Waals surface area contributed by atoms with Crippen molar-refractivity contribution in [2.75, 3.05) is 0 Å². The number of hydrogen-bond donors (Lipinski definition) is 0. The molecule has 1 saturated carbocycles. The molecule has 8 rings (SSSR count). The van der Waals surface area contributed by atoms with E-state index in [4.69, 9.17) is 19.5 Å². The van der Waals surface area contributed by atoms with Gasteiger partial charge in [-0.05, 0) is 69.9 Å². The molecular weight excluding hydrogens is 834 g/mol. The average Bonchev–Trinajstić information content (AvgIpc) is 3.87. The Morgan fingerprint density at radius 1 is 0.774 bits per heavy atom. The molecular formula is C47H49N3O2Pt. The molecule has 5 nitrogen and oxygen atoms in total. The quantitative estimate of drug-likeness (QED) is 0.157. The number of nitrogens with zero attached hydrogens (tertiary/aromatic N) is 3. The predicted molar refractivity (Wildman–Crippen MR) is 212 cm³/mol. The Bertz CT molecular complexity index is 2320. The van der Waals surface area contributed by atoms with Crippen molar-refractivity contribution in [2.45, 2.75) is 104 Å². The van der Waals surface area contributed by atoms with Crippen molar-refractivity contribution in [3.05, 3.63) is 131 Å². The first-order chi connectivity index (χ1) is 24.8. The first-order valence-corrected chi connectivity index (χ1v) is 18.8. The van der Waals surface area contributed by atoms with Crippen molar-refractivity contribution >= 4 is 27.7 Å². The smallest absolute Gasteiger partial charge is 0.510 e.